The highest BCUT2D eigenvalue weighted by molar-refractivity contribution is 7.17. The van der Waals surface area contributed by atoms with E-state index in [1.54, 1.807) is 17.7 Å². The van der Waals surface area contributed by atoms with Gasteiger partial charge in [-0.25, -0.2) is 9.97 Å². The fourth-order valence-corrected chi connectivity index (χ4v) is 5.07. The number of benzene rings is 2. The maximum absolute atomic E-state index is 11.5. The topological polar surface area (TPSA) is 66.3 Å². The highest BCUT2D eigenvalue weighted by atomic mass is 32.1. The number of hydrogen-bond donors (Lipinski definition) is 1. The number of aromatic nitrogens is 2. The van der Waals surface area contributed by atoms with Crippen molar-refractivity contribution in [2.45, 2.75) is 12.8 Å². The van der Waals surface area contributed by atoms with Crippen LogP contribution in [-0.4, -0.2) is 34.1 Å². The molecule has 2 aromatic carbocycles. The summed E-state index contributed by atoms with van der Waals surface area (Å²) in [6.07, 6.45) is 3.16. The standard InChI is InChI=1S/C24H21N3O2S/c28-24(29)19-7-4-12-27(13-19)22-21-20(14-30-23(21)26-15-25-22)18-10-8-17(9-11-18)16-5-2-1-3-6-16/h1-3,5-6,8-11,14-15,19H,4,7,12-13H2,(H,28,29). The van der Waals surface area contributed by atoms with Crippen molar-refractivity contribution < 1.29 is 9.90 Å². The summed E-state index contributed by atoms with van der Waals surface area (Å²) in [6, 6.07) is 18.9. The molecule has 0 saturated carbocycles. The molecular weight excluding hydrogens is 394 g/mol. The Labute approximate surface area is 178 Å². The van der Waals surface area contributed by atoms with Gasteiger partial charge in [0.1, 0.15) is 17.0 Å². The Morgan fingerprint density at radius 2 is 1.73 bits per heavy atom. The Hall–Kier alpha value is -3.25. The second kappa shape index (κ2) is 7.88. The Kier molecular flexibility index (Phi) is 4.93. The summed E-state index contributed by atoms with van der Waals surface area (Å²) in [5.74, 6) is -0.239. The van der Waals surface area contributed by atoms with Gasteiger partial charge in [-0.05, 0) is 29.5 Å². The number of nitrogens with zero attached hydrogens (tertiary/aromatic N) is 3. The van der Waals surface area contributed by atoms with Gasteiger partial charge in [-0.2, -0.15) is 0 Å². The van der Waals surface area contributed by atoms with Crippen LogP contribution < -0.4 is 4.90 Å². The van der Waals surface area contributed by atoms with E-state index >= 15 is 0 Å². The summed E-state index contributed by atoms with van der Waals surface area (Å²) in [5, 5.41) is 12.6. The first-order chi connectivity index (χ1) is 14.7. The van der Waals surface area contributed by atoms with E-state index in [0.717, 1.165) is 46.5 Å². The zero-order valence-electron chi connectivity index (χ0n) is 16.4. The number of rotatable bonds is 4. The second-order valence-electron chi connectivity index (χ2n) is 7.59. The van der Waals surface area contributed by atoms with Crippen molar-refractivity contribution in [1.29, 1.82) is 0 Å². The zero-order chi connectivity index (χ0) is 20.5. The monoisotopic (exact) mass is 415 g/mol. The van der Waals surface area contributed by atoms with Gasteiger partial charge in [0.25, 0.3) is 0 Å². The van der Waals surface area contributed by atoms with Gasteiger partial charge in [0.05, 0.1) is 11.3 Å². The molecule has 4 aromatic rings. The van der Waals surface area contributed by atoms with Crippen LogP contribution in [0.4, 0.5) is 5.82 Å². The van der Waals surface area contributed by atoms with E-state index < -0.39 is 5.97 Å². The molecule has 1 atom stereocenters. The van der Waals surface area contributed by atoms with Gasteiger partial charge in [0, 0.05) is 24.0 Å². The largest absolute Gasteiger partial charge is 0.481 e. The predicted octanol–water partition coefficient (Wildman–Crippen LogP) is 5.33. The lowest BCUT2D eigenvalue weighted by Gasteiger charge is -2.32. The third-order valence-corrected chi connectivity index (χ3v) is 6.61. The van der Waals surface area contributed by atoms with E-state index in [2.05, 4.69) is 56.6 Å². The van der Waals surface area contributed by atoms with Crippen molar-refractivity contribution in [3.63, 3.8) is 0 Å². The minimum atomic E-state index is -0.730. The first kappa shape index (κ1) is 18.8. The van der Waals surface area contributed by atoms with Gasteiger partial charge in [-0.3, -0.25) is 4.79 Å². The number of piperidine rings is 1. The van der Waals surface area contributed by atoms with Crippen LogP contribution in [0.25, 0.3) is 32.5 Å². The molecule has 6 heteroatoms. The number of thiophene rings is 1. The van der Waals surface area contributed by atoms with Crippen LogP contribution in [0.1, 0.15) is 12.8 Å². The highest BCUT2D eigenvalue weighted by Gasteiger charge is 2.28. The van der Waals surface area contributed by atoms with E-state index in [1.807, 2.05) is 18.2 Å². The van der Waals surface area contributed by atoms with Gasteiger partial charge in [0.15, 0.2) is 0 Å². The molecule has 3 heterocycles. The lowest BCUT2D eigenvalue weighted by molar-refractivity contribution is -0.141. The molecule has 2 aromatic heterocycles. The minimum absolute atomic E-state index is 0.351. The van der Waals surface area contributed by atoms with Crippen molar-refractivity contribution in [2.75, 3.05) is 18.0 Å². The van der Waals surface area contributed by atoms with Crippen LogP contribution in [-0.2, 0) is 4.79 Å². The van der Waals surface area contributed by atoms with E-state index in [4.69, 9.17) is 0 Å². The van der Waals surface area contributed by atoms with E-state index in [0.29, 0.717) is 6.54 Å². The molecule has 1 aliphatic heterocycles. The molecule has 5 nitrogen and oxygen atoms in total. The van der Waals surface area contributed by atoms with Crippen molar-refractivity contribution in [3.05, 3.63) is 66.3 Å². The molecule has 30 heavy (non-hydrogen) atoms. The normalized spacial score (nSPS) is 16.7. The summed E-state index contributed by atoms with van der Waals surface area (Å²) >= 11 is 1.60. The average Bonchev–Trinajstić information content (AvgIpc) is 3.24. The van der Waals surface area contributed by atoms with Crippen molar-refractivity contribution in [2.24, 2.45) is 5.92 Å². The number of aliphatic carboxylic acids is 1. The predicted molar refractivity (Wildman–Crippen MR) is 121 cm³/mol. The van der Waals surface area contributed by atoms with Crippen molar-refractivity contribution in [1.82, 2.24) is 9.97 Å². The second-order valence-corrected chi connectivity index (χ2v) is 8.45. The highest BCUT2D eigenvalue weighted by Crippen LogP contribution is 2.39. The van der Waals surface area contributed by atoms with E-state index in [9.17, 15) is 9.90 Å². The van der Waals surface area contributed by atoms with Gasteiger partial charge in [-0.15, -0.1) is 11.3 Å². The maximum atomic E-state index is 11.5. The molecule has 1 unspecified atom stereocenters. The first-order valence-corrected chi connectivity index (χ1v) is 10.9. The SMILES string of the molecule is O=C(O)C1CCCN(c2ncnc3scc(-c4ccc(-c5ccccc5)cc4)c23)C1. The Morgan fingerprint density at radius 3 is 2.50 bits per heavy atom. The summed E-state index contributed by atoms with van der Waals surface area (Å²) in [4.78, 5) is 23.6. The number of carboxylic acids is 1. The van der Waals surface area contributed by atoms with Crippen LogP contribution in [0.5, 0.6) is 0 Å². The molecule has 1 saturated heterocycles. The Morgan fingerprint density at radius 1 is 1.00 bits per heavy atom. The van der Waals surface area contributed by atoms with Crippen LogP contribution in [0.3, 0.4) is 0 Å². The maximum Gasteiger partial charge on any atom is 0.308 e. The molecule has 0 bridgehead atoms. The lowest BCUT2D eigenvalue weighted by Crippen LogP contribution is -2.39. The average molecular weight is 416 g/mol. The lowest BCUT2D eigenvalue weighted by atomic mass is 9.97. The molecule has 0 aliphatic carbocycles. The van der Waals surface area contributed by atoms with Gasteiger partial charge < -0.3 is 10.0 Å². The van der Waals surface area contributed by atoms with Crippen LogP contribution in [0.2, 0.25) is 0 Å². The van der Waals surface area contributed by atoms with Gasteiger partial charge in [0.2, 0.25) is 0 Å². The summed E-state index contributed by atoms with van der Waals surface area (Å²) in [7, 11) is 0. The zero-order valence-corrected chi connectivity index (χ0v) is 17.2. The Balaban J connectivity index is 1.54. The number of carbonyl (C=O) groups is 1. The molecule has 1 fully saturated rings. The van der Waals surface area contributed by atoms with Gasteiger partial charge >= 0.3 is 5.97 Å². The van der Waals surface area contributed by atoms with E-state index in [1.165, 1.54) is 11.1 Å². The number of hydrogen-bond acceptors (Lipinski definition) is 5. The third-order valence-electron chi connectivity index (χ3n) is 5.72. The minimum Gasteiger partial charge on any atom is -0.481 e. The smallest absolute Gasteiger partial charge is 0.308 e. The molecule has 0 radical (unpaired) electrons. The fourth-order valence-electron chi connectivity index (χ4n) is 4.16. The number of carboxylic acid groups (broad SMARTS) is 1. The first-order valence-electron chi connectivity index (χ1n) is 10.1. The third kappa shape index (κ3) is 3.44. The molecule has 5 rings (SSSR count). The van der Waals surface area contributed by atoms with Crippen LogP contribution >= 0.6 is 11.3 Å². The van der Waals surface area contributed by atoms with Crippen molar-refractivity contribution in [3.8, 4) is 22.3 Å². The summed E-state index contributed by atoms with van der Waals surface area (Å²) < 4.78 is 0. The number of anilines is 1. The molecule has 1 aliphatic rings. The molecule has 150 valence electrons. The summed E-state index contributed by atoms with van der Waals surface area (Å²) in [6.45, 7) is 1.31. The quantitative estimate of drug-likeness (QED) is 0.488. The molecule has 0 spiro atoms. The molecule has 1 N–H and O–H groups in total. The van der Waals surface area contributed by atoms with Crippen LogP contribution in [0, 0.1) is 5.92 Å². The Bertz CT molecular complexity index is 1190. The molecule has 0 amide bonds. The van der Waals surface area contributed by atoms with Gasteiger partial charge in [-0.1, -0.05) is 54.6 Å². The van der Waals surface area contributed by atoms with Crippen LogP contribution in [0.15, 0.2) is 66.3 Å². The summed E-state index contributed by atoms with van der Waals surface area (Å²) in [5.41, 5.74) is 4.58. The fraction of sp³-hybridized carbons (Fsp3) is 0.208. The molecular formula is C24H21N3O2S. The van der Waals surface area contributed by atoms with E-state index in [-0.39, 0.29) is 5.92 Å². The van der Waals surface area contributed by atoms with Crippen molar-refractivity contribution >= 4 is 33.3 Å². The number of fused-ring (bicyclic) bond motifs is 1.